The minimum absolute atomic E-state index is 0.0205. The van der Waals surface area contributed by atoms with Gasteiger partial charge in [0.1, 0.15) is 35.3 Å². The lowest BCUT2D eigenvalue weighted by Gasteiger charge is -2.24. The summed E-state index contributed by atoms with van der Waals surface area (Å²) in [7, 11) is 0. The third-order valence-corrected chi connectivity index (χ3v) is 4.20. The third-order valence-electron chi connectivity index (χ3n) is 3.93. The van der Waals surface area contributed by atoms with Crippen molar-refractivity contribution in [3.63, 3.8) is 0 Å². The largest absolute Gasteiger partial charge is 0.447 e. The van der Waals surface area contributed by atoms with E-state index in [1.807, 2.05) is 13.0 Å². The number of primary amides is 1. The molecule has 1 amide bonds. The van der Waals surface area contributed by atoms with Crippen LogP contribution in [0.1, 0.15) is 30.0 Å². The van der Waals surface area contributed by atoms with Gasteiger partial charge in [-0.3, -0.25) is 0 Å². The highest BCUT2D eigenvalue weighted by Crippen LogP contribution is 2.33. The Morgan fingerprint density at radius 2 is 2.17 bits per heavy atom. The molecule has 1 aliphatic rings. The Kier molecular flexibility index (Phi) is 5.13. The van der Waals surface area contributed by atoms with Crippen molar-refractivity contribution in [3.05, 3.63) is 21.8 Å². The van der Waals surface area contributed by atoms with Gasteiger partial charge in [0.25, 0.3) is 0 Å². The predicted molar refractivity (Wildman–Crippen MR) is 85.4 cm³/mol. The molecule has 1 saturated heterocycles. The number of aliphatic hydroxyl groups is 1. The summed E-state index contributed by atoms with van der Waals surface area (Å²) in [4.78, 5) is 16.6. The fraction of sp³-hybridized carbons (Fsp3) is 0.467. The Morgan fingerprint density at radius 1 is 1.50 bits per heavy atom. The SMILES string of the molecule is CCc1c(C#N)c(Cl)nc(N2CCC(O)(COC(N)=O)C2)c1C#N. The monoisotopic (exact) mass is 349 g/mol. The molecule has 1 aromatic heterocycles. The van der Waals surface area contributed by atoms with E-state index in [1.165, 1.54) is 0 Å². The van der Waals surface area contributed by atoms with Gasteiger partial charge in [0, 0.05) is 6.54 Å². The van der Waals surface area contributed by atoms with Crippen LogP contribution in [-0.2, 0) is 11.2 Å². The van der Waals surface area contributed by atoms with Crippen LogP contribution in [0.2, 0.25) is 5.15 Å². The van der Waals surface area contributed by atoms with E-state index < -0.39 is 11.7 Å². The van der Waals surface area contributed by atoms with Crippen molar-refractivity contribution in [2.24, 2.45) is 5.73 Å². The number of carbonyl (C=O) groups excluding carboxylic acids is 1. The highest BCUT2D eigenvalue weighted by atomic mass is 35.5. The van der Waals surface area contributed by atoms with Crippen molar-refractivity contribution in [1.29, 1.82) is 10.5 Å². The van der Waals surface area contributed by atoms with Gasteiger partial charge in [0.05, 0.1) is 17.7 Å². The third kappa shape index (κ3) is 3.35. The molecule has 2 heterocycles. The van der Waals surface area contributed by atoms with Gasteiger partial charge in [-0.2, -0.15) is 10.5 Å². The summed E-state index contributed by atoms with van der Waals surface area (Å²) in [6.45, 7) is 2.07. The number of anilines is 1. The average molecular weight is 350 g/mol. The van der Waals surface area contributed by atoms with Crippen LogP contribution in [0, 0.1) is 22.7 Å². The Bertz CT molecular complexity index is 755. The van der Waals surface area contributed by atoms with Crippen molar-refractivity contribution in [2.45, 2.75) is 25.4 Å². The molecule has 1 fully saturated rings. The molecule has 1 unspecified atom stereocenters. The fourth-order valence-electron chi connectivity index (χ4n) is 2.76. The summed E-state index contributed by atoms with van der Waals surface area (Å²) >= 11 is 6.08. The van der Waals surface area contributed by atoms with E-state index in [-0.39, 0.29) is 29.4 Å². The first-order chi connectivity index (χ1) is 11.3. The van der Waals surface area contributed by atoms with Crippen molar-refractivity contribution in [1.82, 2.24) is 4.98 Å². The Labute approximate surface area is 144 Å². The van der Waals surface area contributed by atoms with E-state index >= 15 is 0 Å². The quantitative estimate of drug-likeness (QED) is 0.776. The average Bonchev–Trinajstić information content (AvgIpc) is 2.94. The molecule has 0 aromatic carbocycles. The first-order valence-corrected chi connectivity index (χ1v) is 7.65. The van der Waals surface area contributed by atoms with Crippen molar-refractivity contribution in [2.75, 3.05) is 24.6 Å². The molecular formula is C15H16ClN5O3. The Morgan fingerprint density at radius 3 is 2.71 bits per heavy atom. The molecule has 0 aliphatic carbocycles. The number of ether oxygens (including phenoxy) is 1. The smallest absolute Gasteiger partial charge is 0.404 e. The number of rotatable bonds is 4. The number of carbonyl (C=O) groups is 1. The molecule has 9 heteroatoms. The van der Waals surface area contributed by atoms with Crippen LogP contribution >= 0.6 is 11.6 Å². The van der Waals surface area contributed by atoms with Crippen molar-refractivity contribution >= 4 is 23.5 Å². The maximum absolute atomic E-state index is 10.7. The first-order valence-electron chi connectivity index (χ1n) is 7.27. The summed E-state index contributed by atoms with van der Waals surface area (Å²) in [5.41, 5.74) is 4.61. The summed E-state index contributed by atoms with van der Waals surface area (Å²) in [6.07, 6.45) is -0.206. The number of nitrogens with zero attached hydrogens (tertiary/aromatic N) is 4. The number of halogens is 1. The zero-order valence-electron chi connectivity index (χ0n) is 13.0. The number of nitrogens with two attached hydrogens (primary N) is 1. The standard InChI is InChI=1S/C15H16ClN5O3/c1-2-9-10(5-17)12(16)20-13(11(9)6-18)21-4-3-15(23,7-21)8-24-14(19)22/h23H,2-4,7-8H2,1H3,(H2,19,22). The van der Waals surface area contributed by atoms with E-state index in [0.717, 1.165) is 0 Å². The number of β-amino-alcohol motifs (C(OH)–C–C–N with tert-alkyl or cyclic N) is 1. The first kappa shape index (κ1) is 17.8. The number of aromatic nitrogens is 1. The molecule has 2 rings (SSSR count). The lowest BCUT2D eigenvalue weighted by atomic mass is 10.0. The number of amides is 1. The lowest BCUT2D eigenvalue weighted by Crippen LogP contribution is -2.39. The van der Waals surface area contributed by atoms with E-state index in [0.29, 0.717) is 30.8 Å². The second-order valence-corrected chi connectivity index (χ2v) is 5.89. The van der Waals surface area contributed by atoms with Gasteiger partial charge >= 0.3 is 6.09 Å². The fourth-order valence-corrected chi connectivity index (χ4v) is 3.00. The van der Waals surface area contributed by atoms with Crippen LogP contribution < -0.4 is 10.6 Å². The maximum Gasteiger partial charge on any atom is 0.404 e. The molecule has 8 nitrogen and oxygen atoms in total. The normalized spacial score (nSPS) is 19.6. The summed E-state index contributed by atoms with van der Waals surface area (Å²) in [6, 6.07) is 4.04. The van der Waals surface area contributed by atoms with E-state index in [9.17, 15) is 20.4 Å². The summed E-state index contributed by atoms with van der Waals surface area (Å²) in [5, 5.41) is 29.2. The molecule has 0 bridgehead atoms. The van der Waals surface area contributed by atoms with Crippen LogP contribution in [0.3, 0.4) is 0 Å². The van der Waals surface area contributed by atoms with Gasteiger partial charge in [-0.15, -0.1) is 0 Å². The lowest BCUT2D eigenvalue weighted by molar-refractivity contribution is -0.00259. The number of nitriles is 2. The molecule has 3 N–H and O–H groups in total. The van der Waals surface area contributed by atoms with Gasteiger partial charge in [0.15, 0.2) is 0 Å². The predicted octanol–water partition coefficient (Wildman–Crippen LogP) is 1.08. The van der Waals surface area contributed by atoms with Crippen LogP contribution in [0.4, 0.5) is 10.6 Å². The van der Waals surface area contributed by atoms with Crippen LogP contribution in [-0.4, -0.2) is 41.5 Å². The molecule has 1 aliphatic heterocycles. The van der Waals surface area contributed by atoms with E-state index in [4.69, 9.17) is 17.3 Å². The molecule has 0 radical (unpaired) electrons. The topological polar surface area (TPSA) is 136 Å². The minimum Gasteiger partial charge on any atom is -0.447 e. The van der Waals surface area contributed by atoms with Crippen LogP contribution in [0.5, 0.6) is 0 Å². The molecular weight excluding hydrogens is 334 g/mol. The zero-order valence-corrected chi connectivity index (χ0v) is 13.8. The molecule has 126 valence electrons. The second-order valence-electron chi connectivity index (χ2n) is 5.54. The van der Waals surface area contributed by atoms with Gasteiger partial charge in [-0.25, -0.2) is 9.78 Å². The van der Waals surface area contributed by atoms with E-state index in [2.05, 4.69) is 15.8 Å². The van der Waals surface area contributed by atoms with Crippen molar-refractivity contribution < 1.29 is 14.6 Å². The van der Waals surface area contributed by atoms with Crippen LogP contribution in [0.15, 0.2) is 0 Å². The number of hydrogen-bond acceptors (Lipinski definition) is 7. The Balaban J connectivity index is 2.37. The minimum atomic E-state index is -1.28. The number of hydrogen-bond donors (Lipinski definition) is 2. The zero-order chi connectivity index (χ0) is 17.9. The van der Waals surface area contributed by atoms with Gasteiger partial charge in [-0.1, -0.05) is 18.5 Å². The van der Waals surface area contributed by atoms with Gasteiger partial charge in [0.2, 0.25) is 0 Å². The highest BCUT2D eigenvalue weighted by Gasteiger charge is 2.39. The maximum atomic E-state index is 10.7. The number of pyridine rings is 1. The Hall–Kier alpha value is -2.55. The molecule has 1 atom stereocenters. The molecule has 0 saturated carbocycles. The van der Waals surface area contributed by atoms with E-state index in [1.54, 1.807) is 4.90 Å². The van der Waals surface area contributed by atoms with Gasteiger partial charge in [-0.05, 0) is 18.4 Å². The summed E-state index contributed by atoms with van der Waals surface area (Å²) in [5.74, 6) is 0.313. The molecule has 24 heavy (non-hydrogen) atoms. The van der Waals surface area contributed by atoms with Crippen LogP contribution in [0.25, 0.3) is 0 Å². The highest BCUT2D eigenvalue weighted by molar-refractivity contribution is 6.30. The van der Waals surface area contributed by atoms with Crippen molar-refractivity contribution in [3.8, 4) is 12.1 Å². The summed E-state index contributed by atoms with van der Waals surface area (Å²) < 4.78 is 4.68. The molecule has 0 spiro atoms. The van der Waals surface area contributed by atoms with Gasteiger partial charge < -0.3 is 20.5 Å². The second kappa shape index (κ2) is 6.91. The molecule has 1 aromatic rings.